The maximum Gasteiger partial charge on any atom is 0.407 e. The van der Waals surface area contributed by atoms with E-state index in [9.17, 15) is 9.90 Å². The molecule has 0 atom stereocenters. The largest absolute Gasteiger partial charge is 0.490 e. The van der Waals surface area contributed by atoms with Gasteiger partial charge in [0.25, 0.3) is 0 Å². The average Bonchev–Trinajstić information content (AvgIpc) is 3.25. The van der Waals surface area contributed by atoms with Crippen LogP contribution in [0.3, 0.4) is 0 Å². The summed E-state index contributed by atoms with van der Waals surface area (Å²) in [6, 6.07) is 0. The standard InChI is InChI=1S/C18H24ClN7O4/c1-5-25-13-10(29-8-6-7-26(17(27)28)18(2,3)4)9-21-14(19)11(13)22-16(25)12-15(20)24-30-23-12/h9H,5-8H2,1-4H3,(H2,20,24)(H,27,28). The highest BCUT2D eigenvalue weighted by Gasteiger charge is 2.26. The predicted octanol–water partition coefficient (Wildman–Crippen LogP) is 3.28. The van der Waals surface area contributed by atoms with Crippen molar-refractivity contribution in [1.82, 2.24) is 29.7 Å². The topological polar surface area (TPSA) is 145 Å². The van der Waals surface area contributed by atoms with Crippen molar-refractivity contribution in [1.29, 1.82) is 0 Å². The molecule has 0 saturated carbocycles. The van der Waals surface area contributed by atoms with Crippen LogP contribution in [0.5, 0.6) is 5.75 Å². The molecule has 3 aromatic heterocycles. The van der Waals surface area contributed by atoms with E-state index < -0.39 is 11.6 Å². The maximum absolute atomic E-state index is 11.5. The molecule has 1 amide bonds. The quantitative estimate of drug-likeness (QED) is 0.419. The van der Waals surface area contributed by atoms with Gasteiger partial charge in [-0.2, -0.15) is 0 Å². The highest BCUT2D eigenvalue weighted by Crippen LogP contribution is 2.34. The minimum atomic E-state index is -0.967. The Bertz CT molecular complexity index is 1060. The summed E-state index contributed by atoms with van der Waals surface area (Å²) in [5.41, 5.74) is 6.71. The fraction of sp³-hybridized carbons (Fsp3) is 0.500. The zero-order chi connectivity index (χ0) is 22.1. The number of fused-ring (bicyclic) bond motifs is 1. The first kappa shape index (κ1) is 21.6. The smallest absolute Gasteiger partial charge is 0.407 e. The SMILES string of the molecule is CCn1c(-c2nonc2N)nc2c(Cl)ncc(OCCCN(C(=O)O)C(C)(C)C)c21. The van der Waals surface area contributed by atoms with Crippen LogP contribution >= 0.6 is 11.6 Å². The van der Waals surface area contributed by atoms with Gasteiger partial charge in [0.15, 0.2) is 28.2 Å². The predicted molar refractivity (Wildman–Crippen MR) is 111 cm³/mol. The molecule has 0 aliphatic rings. The van der Waals surface area contributed by atoms with E-state index in [1.54, 1.807) is 0 Å². The summed E-state index contributed by atoms with van der Waals surface area (Å²) in [6.45, 7) is 8.63. The zero-order valence-corrected chi connectivity index (χ0v) is 18.0. The van der Waals surface area contributed by atoms with E-state index in [-0.39, 0.29) is 17.6 Å². The van der Waals surface area contributed by atoms with Crippen molar-refractivity contribution >= 4 is 34.5 Å². The maximum atomic E-state index is 11.5. The number of carbonyl (C=O) groups is 1. The second-order valence-electron chi connectivity index (χ2n) is 7.60. The van der Waals surface area contributed by atoms with Crippen molar-refractivity contribution in [2.75, 3.05) is 18.9 Å². The number of halogens is 1. The number of anilines is 1. The molecular formula is C18H24ClN7O4. The van der Waals surface area contributed by atoms with Gasteiger partial charge in [-0.05, 0) is 44.4 Å². The second kappa shape index (κ2) is 8.34. The molecule has 0 saturated heterocycles. The molecule has 3 aromatic rings. The Kier molecular flexibility index (Phi) is 6.01. The van der Waals surface area contributed by atoms with E-state index in [2.05, 4.69) is 20.3 Å². The molecule has 0 aliphatic carbocycles. The Balaban J connectivity index is 1.87. The van der Waals surface area contributed by atoms with Gasteiger partial charge in [0.1, 0.15) is 11.0 Å². The molecular weight excluding hydrogens is 414 g/mol. The van der Waals surface area contributed by atoms with E-state index in [1.165, 1.54) is 11.1 Å². The van der Waals surface area contributed by atoms with Crippen LogP contribution in [-0.2, 0) is 6.54 Å². The molecule has 0 bridgehead atoms. The summed E-state index contributed by atoms with van der Waals surface area (Å²) in [5, 5.41) is 17.0. The van der Waals surface area contributed by atoms with Gasteiger partial charge in [0.05, 0.1) is 12.8 Å². The minimum absolute atomic E-state index is 0.113. The number of carboxylic acid groups (broad SMARTS) is 1. The Hall–Kier alpha value is -3.08. The number of rotatable bonds is 7. The Morgan fingerprint density at radius 2 is 2.13 bits per heavy atom. The lowest BCUT2D eigenvalue weighted by Gasteiger charge is -2.33. The lowest BCUT2D eigenvalue weighted by atomic mass is 10.1. The van der Waals surface area contributed by atoms with Gasteiger partial charge in [-0.1, -0.05) is 11.6 Å². The number of aryl methyl sites for hydroxylation is 1. The number of aromatic nitrogens is 5. The Labute approximate surface area is 177 Å². The number of hydrogen-bond acceptors (Lipinski definition) is 8. The van der Waals surface area contributed by atoms with Crippen molar-refractivity contribution in [3.05, 3.63) is 11.3 Å². The molecule has 12 heteroatoms. The van der Waals surface area contributed by atoms with Crippen LogP contribution in [0.2, 0.25) is 5.15 Å². The van der Waals surface area contributed by atoms with Crippen LogP contribution < -0.4 is 10.5 Å². The summed E-state index contributed by atoms with van der Waals surface area (Å²) >= 11 is 6.26. The Morgan fingerprint density at radius 3 is 2.70 bits per heavy atom. The van der Waals surface area contributed by atoms with Crippen LogP contribution in [0.25, 0.3) is 22.6 Å². The molecule has 0 radical (unpaired) electrons. The van der Waals surface area contributed by atoms with Crippen molar-refractivity contribution in [2.45, 2.75) is 46.2 Å². The minimum Gasteiger partial charge on any atom is -0.490 e. The molecule has 3 heterocycles. The molecule has 11 nitrogen and oxygen atoms in total. The number of amides is 1. The number of ether oxygens (including phenoxy) is 1. The highest BCUT2D eigenvalue weighted by atomic mass is 35.5. The van der Waals surface area contributed by atoms with Crippen LogP contribution in [0, 0.1) is 0 Å². The van der Waals surface area contributed by atoms with Crippen molar-refractivity contribution < 1.29 is 19.3 Å². The molecule has 30 heavy (non-hydrogen) atoms. The lowest BCUT2D eigenvalue weighted by Crippen LogP contribution is -2.45. The van der Waals surface area contributed by atoms with Crippen molar-refractivity contribution in [2.24, 2.45) is 0 Å². The third-order valence-electron chi connectivity index (χ3n) is 4.56. The summed E-state index contributed by atoms with van der Waals surface area (Å²) in [5.74, 6) is 1.03. The van der Waals surface area contributed by atoms with Gasteiger partial charge in [-0.25, -0.2) is 19.4 Å². The van der Waals surface area contributed by atoms with Crippen LogP contribution in [0.4, 0.5) is 10.6 Å². The number of nitrogen functional groups attached to an aromatic ring is 1. The molecule has 0 unspecified atom stereocenters. The van der Waals surface area contributed by atoms with Crippen molar-refractivity contribution in [3.8, 4) is 17.3 Å². The van der Waals surface area contributed by atoms with Crippen LogP contribution in [0.15, 0.2) is 10.8 Å². The third kappa shape index (κ3) is 4.11. The number of nitrogens with two attached hydrogens (primary N) is 1. The van der Waals surface area contributed by atoms with Crippen LogP contribution in [0.1, 0.15) is 34.1 Å². The summed E-state index contributed by atoms with van der Waals surface area (Å²) < 4.78 is 12.5. The summed E-state index contributed by atoms with van der Waals surface area (Å²) in [4.78, 5) is 21.5. The lowest BCUT2D eigenvalue weighted by molar-refractivity contribution is 0.0962. The number of imidazole rings is 1. The van der Waals surface area contributed by atoms with Crippen molar-refractivity contribution in [3.63, 3.8) is 0 Å². The Morgan fingerprint density at radius 1 is 1.40 bits per heavy atom. The fourth-order valence-corrected chi connectivity index (χ4v) is 3.33. The van der Waals surface area contributed by atoms with Crippen LogP contribution in [-0.4, -0.2) is 59.6 Å². The van der Waals surface area contributed by atoms with Gasteiger partial charge in [0, 0.05) is 18.6 Å². The van der Waals surface area contributed by atoms with E-state index in [0.717, 1.165) is 0 Å². The number of hydrogen-bond donors (Lipinski definition) is 2. The normalized spacial score (nSPS) is 11.8. The number of pyridine rings is 1. The first-order valence-corrected chi connectivity index (χ1v) is 9.79. The summed E-state index contributed by atoms with van der Waals surface area (Å²) in [6.07, 6.45) is 1.05. The molecule has 0 fully saturated rings. The molecule has 3 N–H and O–H groups in total. The first-order valence-electron chi connectivity index (χ1n) is 9.41. The van der Waals surface area contributed by atoms with E-state index in [4.69, 9.17) is 26.7 Å². The van der Waals surface area contributed by atoms with Gasteiger partial charge in [-0.15, -0.1) is 0 Å². The summed E-state index contributed by atoms with van der Waals surface area (Å²) in [7, 11) is 0. The average molecular weight is 438 g/mol. The molecule has 0 aliphatic heterocycles. The molecule has 162 valence electrons. The zero-order valence-electron chi connectivity index (χ0n) is 17.2. The third-order valence-corrected chi connectivity index (χ3v) is 4.83. The van der Waals surface area contributed by atoms with E-state index >= 15 is 0 Å². The van der Waals surface area contributed by atoms with Gasteiger partial charge < -0.3 is 25.0 Å². The molecule has 0 aromatic carbocycles. The van der Waals surface area contributed by atoms with E-state index in [1.807, 2.05) is 32.3 Å². The number of nitrogens with zero attached hydrogens (tertiary/aromatic N) is 6. The monoisotopic (exact) mass is 437 g/mol. The van der Waals surface area contributed by atoms with Gasteiger partial charge in [0.2, 0.25) is 0 Å². The first-order chi connectivity index (χ1) is 14.1. The van der Waals surface area contributed by atoms with Gasteiger partial charge in [-0.3, -0.25) is 0 Å². The second-order valence-corrected chi connectivity index (χ2v) is 7.95. The van der Waals surface area contributed by atoms with Gasteiger partial charge >= 0.3 is 6.09 Å². The fourth-order valence-electron chi connectivity index (χ4n) is 3.15. The highest BCUT2D eigenvalue weighted by molar-refractivity contribution is 6.34. The molecule has 0 spiro atoms. The molecule has 3 rings (SSSR count). The van der Waals surface area contributed by atoms with E-state index in [0.29, 0.717) is 47.8 Å².